The van der Waals surface area contributed by atoms with E-state index in [-0.39, 0.29) is 18.9 Å². The van der Waals surface area contributed by atoms with Gasteiger partial charge in [0.15, 0.2) is 0 Å². The van der Waals surface area contributed by atoms with Crippen LogP contribution >= 0.6 is 0 Å². The van der Waals surface area contributed by atoms with E-state index in [9.17, 15) is 0 Å². The van der Waals surface area contributed by atoms with Gasteiger partial charge in [-0.3, -0.25) is 0 Å². The maximum Gasteiger partial charge on any atom is 1.00 e. The molecule has 1 aromatic rings. The Bertz CT molecular complexity index is 266. The van der Waals surface area contributed by atoms with E-state index in [0.717, 1.165) is 5.56 Å². The molecule has 0 aromatic heterocycles. The molecule has 0 saturated carbocycles. The SMILES string of the molecule is Cc1ccc(C#C[S-])cc1.[Li+]. The second-order valence-corrected chi connectivity index (χ2v) is 2.30. The maximum absolute atomic E-state index is 4.51. The van der Waals surface area contributed by atoms with Gasteiger partial charge in [0.1, 0.15) is 0 Å². The largest absolute Gasteiger partial charge is 1.00 e. The maximum atomic E-state index is 4.51. The summed E-state index contributed by atoms with van der Waals surface area (Å²) in [6.45, 7) is 2.05. The Labute approximate surface area is 85.0 Å². The first-order valence-corrected chi connectivity index (χ1v) is 3.43. The van der Waals surface area contributed by atoms with Gasteiger partial charge in [0.05, 0.1) is 0 Å². The first-order chi connectivity index (χ1) is 4.83. The molecule has 1 aromatic carbocycles. The van der Waals surface area contributed by atoms with Gasteiger partial charge in [0, 0.05) is 5.56 Å². The van der Waals surface area contributed by atoms with E-state index < -0.39 is 0 Å². The van der Waals surface area contributed by atoms with Gasteiger partial charge in [-0.2, -0.15) is 0 Å². The van der Waals surface area contributed by atoms with E-state index in [1.165, 1.54) is 5.56 Å². The molecule has 0 atom stereocenters. The van der Waals surface area contributed by atoms with Crippen molar-refractivity contribution in [1.82, 2.24) is 0 Å². The smallest absolute Gasteiger partial charge is 0.724 e. The fourth-order valence-electron chi connectivity index (χ4n) is 0.696. The number of hydrogen-bond donors (Lipinski definition) is 0. The van der Waals surface area contributed by atoms with Crippen LogP contribution in [0.15, 0.2) is 24.3 Å². The van der Waals surface area contributed by atoms with Gasteiger partial charge in [0.2, 0.25) is 0 Å². The van der Waals surface area contributed by atoms with Gasteiger partial charge < -0.3 is 12.6 Å². The van der Waals surface area contributed by atoms with Crippen molar-refractivity contribution in [3.8, 4) is 11.2 Å². The Morgan fingerprint density at radius 2 is 1.73 bits per heavy atom. The molecule has 0 nitrogen and oxygen atoms in total. The summed E-state index contributed by atoms with van der Waals surface area (Å²) in [4.78, 5) is 0. The monoisotopic (exact) mass is 154 g/mol. The Morgan fingerprint density at radius 1 is 1.18 bits per heavy atom. The quantitative estimate of drug-likeness (QED) is 0.258. The van der Waals surface area contributed by atoms with Crippen LogP contribution in [0.5, 0.6) is 0 Å². The normalized spacial score (nSPS) is 7.36. The van der Waals surface area contributed by atoms with E-state index in [2.05, 4.69) is 23.8 Å². The minimum absolute atomic E-state index is 0. The summed E-state index contributed by atoms with van der Waals surface area (Å²) in [5.41, 5.74) is 2.23. The molecular formula is C9H7LiS. The van der Waals surface area contributed by atoms with Crippen LogP contribution in [-0.4, -0.2) is 0 Å². The molecule has 0 spiro atoms. The molecule has 0 fully saturated rings. The topological polar surface area (TPSA) is 0 Å². The van der Waals surface area contributed by atoms with Gasteiger partial charge in [-0.1, -0.05) is 23.6 Å². The van der Waals surface area contributed by atoms with Crippen molar-refractivity contribution in [3.05, 3.63) is 35.4 Å². The third-order valence-corrected chi connectivity index (χ3v) is 1.35. The molecule has 0 bridgehead atoms. The molecule has 0 aliphatic carbocycles. The summed E-state index contributed by atoms with van der Waals surface area (Å²) in [5, 5.41) is 2.44. The van der Waals surface area contributed by atoms with Crippen molar-refractivity contribution in [2.24, 2.45) is 0 Å². The van der Waals surface area contributed by atoms with Crippen LogP contribution in [0.3, 0.4) is 0 Å². The Hall–Kier alpha value is -0.403. The minimum atomic E-state index is 0. The van der Waals surface area contributed by atoms with Gasteiger partial charge in [-0.25, -0.2) is 5.25 Å². The van der Waals surface area contributed by atoms with Crippen molar-refractivity contribution < 1.29 is 18.9 Å². The number of hydrogen-bond acceptors (Lipinski definition) is 1. The van der Waals surface area contributed by atoms with Crippen LogP contribution < -0.4 is 18.9 Å². The van der Waals surface area contributed by atoms with Crippen LogP contribution in [0.1, 0.15) is 11.1 Å². The first-order valence-electron chi connectivity index (χ1n) is 3.03. The zero-order valence-corrected chi connectivity index (χ0v) is 7.53. The molecule has 0 saturated heterocycles. The van der Waals surface area contributed by atoms with E-state index in [1.54, 1.807) is 0 Å². The zero-order chi connectivity index (χ0) is 7.40. The molecular weight excluding hydrogens is 147 g/mol. The van der Waals surface area contributed by atoms with E-state index in [4.69, 9.17) is 0 Å². The Morgan fingerprint density at radius 3 is 2.18 bits per heavy atom. The molecule has 0 aliphatic rings. The van der Waals surface area contributed by atoms with E-state index in [0.29, 0.717) is 0 Å². The molecule has 11 heavy (non-hydrogen) atoms. The molecule has 50 valence electrons. The van der Waals surface area contributed by atoms with Crippen molar-refractivity contribution in [1.29, 1.82) is 0 Å². The van der Waals surface area contributed by atoms with Crippen molar-refractivity contribution >= 4 is 12.6 Å². The summed E-state index contributed by atoms with van der Waals surface area (Å²) in [6, 6.07) is 7.98. The molecule has 0 heterocycles. The molecule has 1 rings (SSSR count). The molecule has 0 unspecified atom stereocenters. The van der Waals surface area contributed by atoms with Crippen LogP contribution in [0.2, 0.25) is 0 Å². The van der Waals surface area contributed by atoms with Gasteiger partial charge >= 0.3 is 18.9 Å². The Balaban J connectivity index is 0.000001000. The third-order valence-electron chi connectivity index (χ3n) is 1.25. The van der Waals surface area contributed by atoms with Gasteiger partial charge in [-0.05, 0) is 19.1 Å². The van der Waals surface area contributed by atoms with Crippen molar-refractivity contribution in [3.63, 3.8) is 0 Å². The number of rotatable bonds is 0. The number of aryl methyl sites for hydroxylation is 1. The molecule has 2 heteroatoms. The summed E-state index contributed by atoms with van der Waals surface area (Å²) < 4.78 is 0. The van der Waals surface area contributed by atoms with Gasteiger partial charge in [0.25, 0.3) is 0 Å². The van der Waals surface area contributed by atoms with Crippen molar-refractivity contribution in [2.45, 2.75) is 6.92 Å². The fourth-order valence-corrected chi connectivity index (χ4v) is 0.814. The summed E-state index contributed by atoms with van der Waals surface area (Å²) in [5.74, 6) is 2.80. The first kappa shape index (κ1) is 10.6. The minimum Gasteiger partial charge on any atom is -0.724 e. The summed E-state index contributed by atoms with van der Waals surface area (Å²) >= 11 is 4.51. The number of benzene rings is 1. The Kier molecular flexibility index (Phi) is 5.08. The second-order valence-electron chi connectivity index (χ2n) is 2.09. The van der Waals surface area contributed by atoms with Crippen LogP contribution in [-0.2, 0) is 12.6 Å². The standard InChI is InChI=1S/C9H8S.Li/c1-8-2-4-9(5-3-8)6-7-10;/h2-5,10H,1H3;/q;+1/p-1. The predicted molar refractivity (Wildman–Crippen MR) is 45.4 cm³/mol. The van der Waals surface area contributed by atoms with Gasteiger partial charge in [-0.15, -0.1) is 0 Å². The average Bonchev–Trinajstić information content (AvgIpc) is 1.95. The molecule has 0 radical (unpaired) electrons. The molecule has 0 aliphatic heterocycles. The van der Waals surface area contributed by atoms with E-state index >= 15 is 0 Å². The van der Waals surface area contributed by atoms with Crippen molar-refractivity contribution in [2.75, 3.05) is 0 Å². The molecule has 0 N–H and O–H groups in total. The zero-order valence-electron chi connectivity index (χ0n) is 6.72. The van der Waals surface area contributed by atoms with Crippen LogP contribution in [0, 0.1) is 18.1 Å². The molecule has 0 amide bonds. The van der Waals surface area contributed by atoms with Crippen LogP contribution in [0.25, 0.3) is 0 Å². The summed E-state index contributed by atoms with van der Waals surface area (Å²) in [7, 11) is 0. The second kappa shape index (κ2) is 5.27. The average molecular weight is 154 g/mol. The summed E-state index contributed by atoms with van der Waals surface area (Å²) in [6.07, 6.45) is 0. The predicted octanol–water partition coefficient (Wildman–Crippen LogP) is -1.15. The fraction of sp³-hybridized carbons (Fsp3) is 0.111. The van der Waals surface area contributed by atoms with E-state index in [1.807, 2.05) is 31.2 Å². The van der Waals surface area contributed by atoms with Crippen LogP contribution in [0.4, 0.5) is 0 Å². The third kappa shape index (κ3) is 3.49.